The fourth-order valence-electron chi connectivity index (χ4n) is 3.97. The molecule has 0 radical (unpaired) electrons. The molecule has 0 saturated carbocycles. The highest BCUT2D eigenvalue weighted by molar-refractivity contribution is 5.92. The lowest BCUT2D eigenvalue weighted by molar-refractivity contribution is 0.0694. The number of carboxylic acid groups (broad SMARTS) is 1. The Morgan fingerprint density at radius 2 is 1.50 bits per heavy atom. The van der Waals surface area contributed by atoms with E-state index in [1.807, 2.05) is 62.4 Å². The normalized spacial score (nSPS) is 12.5. The van der Waals surface area contributed by atoms with Crippen LogP contribution in [0.25, 0.3) is 11.1 Å². The largest absolute Gasteiger partial charge is 0.508 e. The lowest BCUT2D eigenvalue weighted by atomic mass is 10.0. The molecule has 0 bridgehead atoms. The molecule has 0 fully saturated rings. The average molecular weight is 514 g/mol. The molecule has 38 heavy (non-hydrogen) atoms. The van der Waals surface area contributed by atoms with Gasteiger partial charge in [-0.1, -0.05) is 48.0 Å². The first-order chi connectivity index (χ1) is 18.3. The first kappa shape index (κ1) is 26.7. The molecule has 0 amide bonds. The smallest absolute Gasteiger partial charge is 0.339 e. The number of aliphatic hydroxyl groups excluding tert-OH is 1. The summed E-state index contributed by atoms with van der Waals surface area (Å²) >= 11 is 0. The Bertz CT molecular complexity index is 1350. The van der Waals surface area contributed by atoms with Gasteiger partial charge in [-0.25, -0.2) is 4.79 Å². The van der Waals surface area contributed by atoms with Crippen LogP contribution in [0.5, 0.6) is 23.0 Å². The summed E-state index contributed by atoms with van der Waals surface area (Å²) in [4.78, 5) is 11.7. The van der Waals surface area contributed by atoms with Crippen LogP contribution in [0, 0.1) is 6.92 Å². The number of carbonyl (C=O) groups is 1. The van der Waals surface area contributed by atoms with Gasteiger partial charge in [-0.3, -0.25) is 0 Å². The van der Waals surface area contributed by atoms with Crippen molar-refractivity contribution in [2.24, 2.45) is 0 Å². The summed E-state index contributed by atoms with van der Waals surface area (Å²) < 4.78 is 11.7. The van der Waals surface area contributed by atoms with Gasteiger partial charge >= 0.3 is 5.97 Å². The number of aromatic carboxylic acids is 1. The van der Waals surface area contributed by atoms with Crippen LogP contribution < -0.4 is 14.8 Å². The Morgan fingerprint density at radius 3 is 2.16 bits per heavy atom. The molecular weight excluding hydrogens is 482 g/mol. The van der Waals surface area contributed by atoms with Crippen LogP contribution in [0.2, 0.25) is 0 Å². The summed E-state index contributed by atoms with van der Waals surface area (Å²) in [5.74, 6) is 0.641. The number of benzene rings is 4. The molecule has 0 saturated heterocycles. The number of nitrogens with one attached hydrogen (secondary N) is 1. The maximum Gasteiger partial charge on any atom is 0.339 e. The minimum absolute atomic E-state index is 0.0894. The Hall–Kier alpha value is -4.33. The minimum atomic E-state index is -1.05. The van der Waals surface area contributed by atoms with E-state index in [-0.39, 0.29) is 23.1 Å². The molecule has 4 N–H and O–H groups in total. The first-order valence-electron chi connectivity index (χ1n) is 12.4. The molecular formula is C31H31NO6. The number of aryl methyl sites for hydroxylation is 1. The second-order valence-electron chi connectivity index (χ2n) is 9.08. The summed E-state index contributed by atoms with van der Waals surface area (Å²) in [6.45, 7) is 4.81. The van der Waals surface area contributed by atoms with Crippen molar-refractivity contribution in [3.63, 3.8) is 0 Å². The van der Waals surface area contributed by atoms with Crippen molar-refractivity contribution in [2.75, 3.05) is 13.2 Å². The van der Waals surface area contributed by atoms with Crippen molar-refractivity contribution in [1.82, 2.24) is 5.32 Å². The molecule has 4 aromatic carbocycles. The fraction of sp³-hybridized carbons (Fsp3) is 0.194. The van der Waals surface area contributed by atoms with Crippen LogP contribution in [0.1, 0.15) is 34.5 Å². The number of ether oxygens (including phenoxy) is 2. The Balaban J connectivity index is 1.34. The molecule has 7 heteroatoms. The second kappa shape index (κ2) is 12.3. The number of phenols is 1. The highest BCUT2D eigenvalue weighted by Gasteiger charge is 2.16. The van der Waals surface area contributed by atoms with Crippen molar-refractivity contribution >= 4 is 5.97 Å². The quantitative estimate of drug-likeness (QED) is 0.184. The average Bonchev–Trinajstić information content (AvgIpc) is 2.92. The van der Waals surface area contributed by atoms with Gasteiger partial charge in [0.05, 0.1) is 6.10 Å². The molecule has 4 aromatic rings. The predicted molar refractivity (Wildman–Crippen MR) is 146 cm³/mol. The number of hydrogen-bond acceptors (Lipinski definition) is 6. The predicted octanol–water partition coefficient (Wildman–Crippen LogP) is 5.95. The maximum absolute atomic E-state index is 11.7. The van der Waals surface area contributed by atoms with Crippen LogP contribution in [0.15, 0.2) is 91.0 Å². The SMILES string of the molecule is Cc1ccc(Oc2cc(-c3ccc(OCCN[C@H](C)[C@@H](O)c4ccc(O)cc4)cc3)ccc2C(=O)O)cc1. The van der Waals surface area contributed by atoms with E-state index in [2.05, 4.69) is 5.32 Å². The number of carboxylic acids is 1. The zero-order valence-corrected chi connectivity index (χ0v) is 21.3. The van der Waals surface area contributed by atoms with E-state index in [1.165, 1.54) is 0 Å². The highest BCUT2D eigenvalue weighted by Crippen LogP contribution is 2.32. The van der Waals surface area contributed by atoms with Crippen molar-refractivity contribution in [3.05, 3.63) is 108 Å². The zero-order valence-electron chi connectivity index (χ0n) is 21.3. The molecule has 0 heterocycles. The second-order valence-corrected chi connectivity index (χ2v) is 9.08. The molecule has 4 rings (SSSR count). The van der Waals surface area contributed by atoms with Crippen LogP contribution in [-0.4, -0.2) is 40.5 Å². The monoisotopic (exact) mass is 513 g/mol. The third-order valence-electron chi connectivity index (χ3n) is 6.19. The minimum Gasteiger partial charge on any atom is -0.508 e. The van der Waals surface area contributed by atoms with Gasteiger partial charge in [0.1, 0.15) is 35.2 Å². The van der Waals surface area contributed by atoms with Crippen molar-refractivity contribution in [1.29, 1.82) is 0 Å². The van der Waals surface area contributed by atoms with Crippen LogP contribution in [-0.2, 0) is 0 Å². The van der Waals surface area contributed by atoms with Gasteiger partial charge in [-0.05, 0) is 79.1 Å². The molecule has 0 aromatic heterocycles. The Morgan fingerprint density at radius 1 is 0.868 bits per heavy atom. The molecule has 2 atom stereocenters. The van der Waals surface area contributed by atoms with E-state index in [1.54, 1.807) is 42.5 Å². The van der Waals surface area contributed by atoms with Crippen molar-refractivity contribution < 1.29 is 29.6 Å². The van der Waals surface area contributed by atoms with E-state index in [0.717, 1.165) is 22.3 Å². The maximum atomic E-state index is 11.7. The summed E-state index contributed by atoms with van der Waals surface area (Å²) in [6.07, 6.45) is -0.706. The number of aromatic hydroxyl groups is 1. The van der Waals surface area contributed by atoms with Gasteiger partial charge in [-0.15, -0.1) is 0 Å². The molecule has 0 unspecified atom stereocenters. The molecule has 0 aliphatic rings. The lowest BCUT2D eigenvalue weighted by Crippen LogP contribution is -2.35. The standard InChI is InChI=1S/C31H31NO6/c1-20-3-12-27(13-4-20)38-29-19-24(9-16-28(29)31(35)36)22-7-14-26(15-8-22)37-18-17-32-21(2)30(34)23-5-10-25(33)11-6-23/h3-16,19,21,30,32-34H,17-18H2,1-2H3,(H,35,36)/t21-,30-/m1/s1. The van der Waals surface area contributed by atoms with E-state index in [0.29, 0.717) is 24.7 Å². The van der Waals surface area contributed by atoms with E-state index >= 15 is 0 Å². The molecule has 196 valence electrons. The Labute approximate surface area is 221 Å². The zero-order chi connectivity index (χ0) is 27.1. The third-order valence-corrected chi connectivity index (χ3v) is 6.19. The third kappa shape index (κ3) is 6.91. The van der Waals surface area contributed by atoms with Crippen molar-refractivity contribution in [3.8, 4) is 34.1 Å². The van der Waals surface area contributed by atoms with Gasteiger partial charge in [0, 0.05) is 12.6 Å². The van der Waals surface area contributed by atoms with Crippen LogP contribution in [0.3, 0.4) is 0 Å². The topological polar surface area (TPSA) is 108 Å². The fourth-order valence-corrected chi connectivity index (χ4v) is 3.97. The van der Waals surface area contributed by atoms with Gasteiger partial charge in [0.25, 0.3) is 0 Å². The number of hydrogen-bond donors (Lipinski definition) is 4. The Kier molecular flexibility index (Phi) is 8.63. The number of rotatable bonds is 11. The van der Waals surface area contributed by atoms with E-state index in [4.69, 9.17) is 9.47 Å². The van der Waals surface area contributed by atoms with E-state index < -0.39 is 12.1 Å². The van der Waals surface area contributed by atoms with Gasteiger partial charge < -0.3 is 30.1 Å². The van der Waals surface area contributed by atoms with Crippen molar-refractivity contribution in [2.45, 2.75) is 26.0 Å². The van der Waals surface area contributed by atoms with Crippen LogP contribution in [0.4, 0.5) is 0 Å². The summed E-state index contributed by atoms with van der Waals surface area (Å²) in [7, 11) is 0. The lowest BCUT2D eigenvalue weighted by Gasteiger charge is -2.21. The number of aliphatic hydroxyl groups is 1. The number of phenolic OH excluding ortho intramolecular Hbond substituents is 1. The molecule has 0 aliphatic heterocycles. The summed E-state index contributed by atoms with van der Waals surface area (Å²) in [6, 6.07) is 26.3. The van der Waals surface area contributed by atoms with E-state index in [9.17, 15) is 20.1 Å². The first-order valence-corrected chi connectivity index (χ1v) is 12.4. The highest BCUT2D eigenvalue weighted by atomic mass is 16.5. The molecule has 7 nitrogen and oxygen atoms in total. The van der Waals surface area contributed by atoms with Crippen LogP contribution >= 0.6 is 0 Å². The van der Waals surface area contributed by atoms with Gasteiger partial charge in [0.2, 0.25) is 0 Å². The molecule has 0 spiro atoms. The molecule has 0 aliphatic carbocycles. The van der Waals surface area contributed by atoms with Gasteiger partial charge in [0.15, 0.2) is 0 Å². The summed E-state index contributed by atoms with van der Waals surface area (Å²) in [5.41, 5.74) is 3.62. The summed E-state index contributed by atoms with van der Waals surface area (Å²) in [5, 5.41) is 32.7. The van der Waals surface area contributed by atoms with Gasteiger partial charge in [-0.2, -0.15) is 0 Å².